The van der Waals surface area contributed by atoms with E-state index in [1.807, 2.05) is 24.3 Å². The van der Waals surface area contributed by atoms with Crippen LogP contribution in [0.15, 0.2) is 39.5 Å². The zero-order valence-corrected chi connectivity index (χ0v) is 15.3. The lowest BCUT2D eigenvalue weighted by atomic mass is 10.1. The zero-order chi connectivity index (χ0) is 15.2. The summed E-state index contributed by atoms with van der Waals surface area (Å²) in [5, 5.41) is 8.52. The predicted molar refractivity (Wildman–Crippen MR) is 94.6 cm³/mol. The lowest BCUT2D eigenvalue weighted by Crippen LogP contribution is -2.34. The van der Waals surface area contributed by atoms with Crippen molar-refractivity contribution in [3.63, 3.8) is 0 Å². The molecule has 0 bridgehead atoms. The van der Waals surface area contributed by atoms with Crippen LogP contribution in [0.1, 0.15) is 31.9 Å². The topological polar surface area (TPSA) is 21.3 Å². The lowest BCUT2D eigenvalue weighted by molar-refractivity contribution is 0.170. The first-order chi connectivity index (χ1) is 10.1. The minimum Gasteiger partial charge on any atom is -0.489 e. The molecule has 2 atom stereocenters. The van der Waals surface area contributed by atoms with Gasteiger partial charge in [-0.15, -0.1) is 0 Å². The van der Waals surface area contributed by atoms with E-state index in [9.17, 15) is 0 Å². The van der Waals surface area contributed by atoms with Crippen molar-refractivity contribution in [3.8, 4) is 5.75 Å². The van der Waals surface area contributed by atoms with Crippen LogP contribution in [-0.2, 0) is 0 Å². The first-order valence-electron chi connectivity index (χ1n) is 6.99. The summed E-state index contributed by atoms with van der Waals surface area (Å²) in [7, 11) is 0. The average molecular weight is 389 g/mol. The summed E-state index contributed by atoms with van der Waals surface area (Å²) in [6.45, 7) is 5.20. The van der Waals surface area contributed by atoms with Crippen molar-refractivity contribution in [2.24, 2.45) is 0 Å². The second-order valence-corrected chi connectivity index (χ2v) is 6.92. The molecule has 0 aliphatic carbocycles. The van der Waals surface area contributed by atoms with Crippen LogP contribution in [0.5, 0.6) is 5.75 Å². The van der Waals surface area contributed by atoms with E-state index in [4.69, 9.17) is 16.3 Å². The Kier molecular flexibility index (Phi) is 6.55. The maximum absolute atomic E-state index is 6.07. The van der Waals surface area contributed by atoms with E-state index in [-0.39, 0.29) is 12.1 Å². The van der Waals surface area contributed by atoms with E-state index in [0.29, 0.717) is 5.02 Å². The number of thiophene rings is 1. The van der Waals surface area contributed by atoms with Gasteiger partial charge in [-0.25, -0.2) is 0 Å². The maximum atomic E-state index is 6.07. The van der Waals surface area contributed by atoms with E-state index in [2.05, 4.69) is 45.9 Å². The van der Waals surface area contributed by atoms with Gasteiger partial charge in [0.2, 0.25) is 0 Å². The summed E-state index contributed by atoms with van der Waals surface area (Å²) in [5.74, 6) is 0.796. The van der Waals surface area contributed by atoms with Gasteiger partial charge in [-0.1, -0.05) is 24.6 Å². The Morgan fingerprint density at radius 3 is 2.81 bits per heavy atom. The monoisotopic (exact) mass is 387 g/mol. The summed E-state index contributed by atoms with van der Waals surface area (Å²) in [5.41, 5.74) is 1.24. The van der Waals surface area contributed by atoms with Crippen molar-refractivity contribution < 1.29 is 4.74 Å². The molecule has 21 heavy (non-hydrogen) atoms. The molecule has 2 nitrogen and oxygen atoms in total. The fourth-order valence-corrected chi connectivity index (χ4v) is 3.93. The number of hydrogen-bond donors (Lipinski definition) is 1. The van der Waals surface area contributed by atoms with Gasteiger partial charge in [-0.05, 0) is 65.0 Å². The van der Waals surface area contributed by atoms with E-state index < -0.39 is 0 Å². The molecule has 1 aromatic carbocycles. The highest BCUT2D eigenvalue weighted by molar-refractivity contribution is 9.10. The summed E-state index contributed by atoms with van der Waals surface area (Å²) >= 11 is 11.3. The van der Waals surface area contributed by atoms with E-state index >= 15 is 0 Å². The van der Waals surface area contributed by atoms with E-state index in [0.717, 1.165) is 23.2 Å². The summed E-state index contributed by atoms with van der Waals surface area (Å²) in [4.78, 5) is 0. The number of hydrogen-bond acceptors (Lipinski definition) is 3. The molecule has 1 heterocycles. The Hall–Kier alpha value is -0.550. The maximum Gasteiger partial charge on any atom is 0.121 e. The Morgan fingerprint density at radius 1 is 1.38 bits per heavy atom. The normalized spacial score (nSPS) is 13.9. The van der Waals surface area contributed by atoms with Crippen LogP contribution in [-0.4, -0.2) is 12.6 Å². The van der Waals surface area contributed by atoms with Gasteiger partial charge in [0, 0.05) is 14.9 Å². The first kappa shape index (κ1) is 16.8. The molecule has 0 saturated carbocycles. The fraction of sp³-hybridized carbons (Fsp3) is 0.375. The van der Waals surface area contributed by atoms with Gasteiger partial charge in [-0.3, -0.25) is 0 Å². The molecule has 0 fully saturated rings. The number of rotatable bonds is 7. The number of halogens is 2. The van der Waals surface area contributed by atoms with Crippen LogP contribution >= 0.6 is 38.9 Å². The molecule has 114 valence electrons. The molecule has 0 aliphatic heterocycles. The number of nitrogens with one attached hydrogen (secondary N) is 1. The highest BCUT2D eigenvalue weighted by Crippen LogP contribution is 2.31. The molecular formula is C16H19BrClNOS. The lowest BCUT2D eigenvalue weighted by Gasteiger charge is -2.26. The van der Waals surface area contributed by atoms with E-state index in [1.165, 1.54) is 5.56 Å². The second kappa shape index (κ2) is 8.18. The molecule has 2 unspecified atom stereocenters. The molecule has 0 spiro atoms. The van der Waals surface area contributed by atoms with Gasteiger partial charge in [0.25, 0.3) is 0 Å². The van der Waals surface area contributed by atoms with Crippen LogP contribution in [0.3, 0.4) is 0 Å². The zero-order valence-electron chi connectivity index (χ0n) is 12.1. The van der Waals surface area contributed by atoms with Crippen molar-refractivity contribution in [1.82, 2.24) is 5.32 Å². The quantitative estimate of drug-likeness (QED) is 0.659. The Bertz CT molecular complexity index is 575. The first-order valence-corrected chi connectivity index (χ1v) is 9.10. The molecule has 2 rings (SSSR count). The van der Waals surface area contributed by atoms with E-state index in [1.54, 1.807) is 11.3 Å². The van der Waals surface area contributed by atoms with Gasteiger partial charge < -0.3 is 10.1 Å². The second-order valence-electron chi connectivity index (χ2n) is 4.89. The minimum absolute atomic E-state index is 0.000849. The SMILES string of the molecule is CCCNC(c1cscc1Br)C(C)Oc1cccc(Cl)c1. The predicted octanol–water partition coefficient (Wildman–Crippen LogP) is 5.67. The molecule has 2 aromatic rings. The van der Waals surface area contributed by atoms with Crippen molar-refractivity contribution >= 4 is 38.9 Å². The Morgan fingerprint density at radius 2 is 2.19 bits per heavy atom. The van der Waals surface area contributed by atoms with Crippen molar-refractivity contribution in [2.45, 2.75) is 32.4 Å². The molecule has 1 aromatic heterocycles. The van der Waals surface area contributed by atoms with Gasteiger partial charge in [0.1, 0.15) is 11.9 Å². The Balaban J connectivity index is 2.14. The summed E-state index contributed by atoms with van der Waals surface area (Å²) in [6, 6.07) is 7.67. The van der Waals surface area contributed by atoms with Crippen molar-refractivity contribution in [2.75, 3.05) is 6.54 Å². The fourth-order valence-electron chi connectivity index (χ4n) is 2.16. The number of ether oxygens (including phenoxy) is 1. The molecule has 0 saturated heterocycles. The molecule has 0 radical (unpaired) electrons. The average Bonchev–Trinajstić information content (AvgIpc) is 2.86. The molecular weight excluding hydrogens is 370 g/mol. The molecule has 0 amide bonds. The minimum atomic E-state index is 0.000849. The Labute approximate surface area is 143 Å². The largest absolute Gasteiger partial charge is 0.489 e. The van der Waals surface area contributed by atoms with Gasteiger partial charge in [0.15, 0.2) is 0 Å². The smallest absolute Gasteiger partial charge is 0.121 e. The van der Waals surface area contributed by atoms with Crippen LogP contribution in [0, 0.1) is 0 Å². The highest BCUT2D eigenvalue weighted by Gasteiger charge is 2.23. The van der Waals surface area contributed by atoms with Gasteiger partial charge in [0.05, 0.1) is 6.04 Å². The standard InChI is InChI=1S/C16H19BrClNOS/c1-3-7-19-16(14-9-21-10-15(14)17)11(2)20-13-6-4-5-12(18)8-13/h4-6,8-11,16,19H,3,7H2,1-2H3. The molecule has 5 heteroatoms. The van der Waals surface area contributed by atoms with Gasteiger partial charge >= 0.3 is 0 Å². The van der Waals surface area contributed by atoms with Crippen molar-refractivity contribution in [3.05, 3.63) is 50.1 Å². The van der Waals surface area contributed by atoms with Crippen LogP contribution in [0.25, 0.3) is 0 Å². The third-order valence-electron chi connectivity index (χ3n) is 3.18. The number of benzene rings is 1. The summed E-state index contributed by atoms with van der Waals surface area (Å²) < 4.78 is 7.20. The van der Waals surface area contributed by atoms with Crippen LogP contribution in [0.4, 0.5) is 0 Å². The molecule has 0 aliphatic rings. The van der Waals surface area contributed by atoms with Crippen molar-refractivity contribution in [1.29, 1.82) is 0 Å². The van der Waals surface area contributed by atoms with Crippen LogP contribution in [0.2, 0.25) is 5.02 Å². The third-order valence-corrected chi connectivity index (χ3v) is 5.17. The summed E-state index contributed by atoms with van der Waals surface area (Å²) in [6.07, 6.45) is 1.09. The van der Waals surface area contributed by atoms with Crippen LogP contribution < -0.4 is 10.1 Å². The highest BCUT2D eigenvalue weighted by atomic mass is 79.9. The molecule has 1 N–H and O–H groups in total. The third kappa shape index (κ3) is 4.71. The van der Waals surface area contributed by atoms with Gasteiger partial charge in [-0.2, -0.15) is 11.3 Å².